The van der Waals surface area contributed by atoms with Crippen molar-refractivity contribution < 1.29 is 0 Å². The van der Waals surface area contributed by atoms with Gasteiger partial charge in [-0.05, 0) is 151 Å². The van der Waals surface area contributed by atoms with Gasteiger partial charge < -0.3 is 0 Å². The van der Waals surface area contributed by atoms with Crippen molar-refractivity contribution in [1.82, 2.24) is 19.1 Å². The number of hydrogen-bond donors (Lipinski definition) is 0. The molecule has 0 N–H and O–H groups in total. The Morgan fingerprint density at radius 1 is 0.784 bits per heavy atom. The Balaban J connectivity index is 1.22. The molecule has 0 unspecified atom stereocenters. The normalized spacial score (nSPS) is 41.4. The van der Waals surface area contributed by atoms with Crippen LogP contribution in [0.2, 0.25) is 0 Å². The predicted molar refractivity (Wildman–Crippen MR) is 148 cm³/mol. The van der Waals surface area contributed by atoms with Gasteiger partial charge in [-0.25, -0.2) is 9.78 Å². The number of halogens is 1. The minimum Gasteiger partial charge on any atom is -0.288 e. The lowest BCUT2D eigenvalue weighted by Gasteiger charge is -2.57. The Labute approximate surface area is 226 Å². The summed E-state index contributed by atoms with van der Waals surface area (Å²) in [5, 5.41) is 1.02. The van der Waals surface area contributed by atoms with Gasteiger partial charge >= 0.3 is 5.69 Å². The van der Waals surface area contributed by atoms with Crippen molar-refractivity contribution in [3.8, 4) is 0 Å². The summed E-state index contributed by atoms with van der Waals surface area (Å²) in [5.41, 5.74) is 3.54. The van der Waals surface area contributed by atoms with E-state index in [2.05, 4.69) is 31.1 Å². The van der Waals surface area contributed by atoms with Crippen LogP contribution in [0.15, 0.2) is 27.7 Å². The van der Waals surface area contributed by atoms with Gasteiger partial charge in [-0.2, -0.15) is 0 Å². The fourth-order valence-electron chi connectivity index (χ4n) is 11.8. The van der Waals surface area contributed by atoms with Gasteiger partial charge in [0.15, 0.2) is 5.65 Å². The van der Waals surface area contributed by atoms with E-state index in [9.17, 15) is 4.79 Å². The van der Waals surface area contributed by atoms with Crippen LogP contribution >= 0.6 is 15.9 Å². The van der Waals surface area contributed by atoms with Crippen molar-refractivity contribution >= 4 is 38.0 Å². The van der Waals surface area contributed by atoms with Gasteiger partial charge in [0.25, 0.3) is 0 Å². The zero-order valence-electron chi connectivity index (χ0n) is 21.7. The maximum atomic E-state index is 14.5. The van der Waals surface area contributed by atoms with E-state index >= 15 is 0 Å². The molecule has 8 saturated carbocycles. The molecule has 5 nitrogen and oxygen atoms in total. The smallest absolute Gasteiger partial charge is 0.288 e. The number of hydrogen-bond acceptors (Lipinski definition) is 3. The molecule has 8 bridgehead atoms. The summed E-state index contributed by atoms with van der Waals surface area (Å²) in [7, 11) is 0. The lowest BCUT2D eigenvalue weighted by Crippen LogP contribution is -2.50. The van der Waals surface area contributed by atoms with Crippen LogP contribution in [0.5, 0.6) is 0 Å². The van der Waals surface area contributed by atoms with Crippen LogP contribution in [0.25, 0.3) is 22.1 Å². The molecular weight excluding hydrogens is 524 g/mol. The molecule has 0 amide bonds. The van der Waals surface area contributed by atoms with Crippen LogP contribution in [-0.2, 0) is 13.1 Å². The minimum absolute atomic E-state index is 0.180. The molecule has 8 aliphatic carbocycles. The van der Waals surface area contributed by atoms with E-state index < -0.39 is 0 Å². The molecule has 3 aromatic rings. The van der Waals surface area contributed by atoms with Gasteiger partial charge in [-0.1, -0.05) is 0 Å². The van der Waals surface area contributed by atoms with Crippen LogP contribution < -0.4 is 5.69 Å². The molecule has 11 rings (SSSR count). The van der Waals surface area contributed by atoms with E-state index in [-0.39, 0.29) is 16.5 Å². The second-order valence-corrected chi connectivity index (χ2v) is 15.5. The number of rotatable bonds is 4. The predicted octanol–water partition coefficient (Wildman–Crippen LogP) is 6.94. The molecule has 0 atom stereocenters. The van der Waals surface area contributed by atoms with E-state index in [1.54, 1.807) is 0 Å². The van der Waals surface area contributed by atoms with Crippen molar-refractivity contribution in [2.45, 2.75) is 90.1 Å². The number of pyridine rings is 2. The highest BCUT2D eigenvalue weighted by atomic mass is 79.9. The first kappa shape index (κ1) is 22.2. The van der Waals surface area contributed by atoms with Crippen molar-refractivity contribution in [2.24, 2.45) is 46.3 Å². The highest BCUT2D eigenvalue weighted by molar-refractivity contribution is 9.10. The van der Waals surface area contributed by atoms with E-state index in [1.807, 2.05) is 12.3 Å². The van der Waals surface area contributed by atoms with Crippen LogP contribution in [0.3, 0.4) is 0 Å². The summed E-state index contributed by atoms with van der Waals surface area (Å²) in [6, 6.07) is 4.07. The fourth-order valence-corrected chi connectivity index (χ4v) is 12.3. The molecule has 6 heteroatoms. The Hall–Kier alpha value is -1.69. The van der Waals surface area contributed by atoms with Gasteiger partial charge in [-0.3, -0.25) is 14.1 Å². The highest BCUT2D eigenvalue weighted by Crippen LogP contribution is 2.62. The molecule has 0 saturated heterocycles. The molecule has 8 fully saturated rings. The molecule has 3 heterocycles. The van der Waals surface area contributed by atoms with E-state index in [0.717, 1.165) is 75.3 Å². The van der Waals surface area contributed by atoms with Crippen molar-refractivity contribution in [3.05, 3.63) is 33.4 Å². The third kappa shape index (κ3) is 3.23. The van der Waals surface area contributed by atoms with Crippen LogP contribution in [0, 0.1) is 46.3 Å². The number of fused-ring (bicyclic) bond motifs is 3. The summed E-state index contributed by atoms with van der Waals surface area (Å²) in [6.07, 6.45) is 18.3. The Morgan fingerprint density at radius 2 is 1.27 bits per heavy atom. The van der Waals surface area contributed by atoms with Crippen LogP contribution in [0.1, 0.15) is 77.0 Å². The molecule has 0 radical (unpaired) electrons. The number of aromatic nitrogens is 4. The fraction of sp³-hybridized carbons (Fsp3) is 0.710. The third-order valence-corrected chi connectivity index (χ3v) is 12.6. The third-order valence-electron chi connectivity index (χ3n) is 12.0. The molecule has 3 aromatic heterocycles. The van der Waals surface area contributed by atoms with Gasteiger partial charge in [0, 0.05) is 24.7 Å². The van der Waals surface area contributed by atoms with Gasteiger partial charge in [-0.15, -0.1) is 0 Å². The molecule has 194 valence electrons. The standard InChI is InChI=1S/C31H37BrN4O/c32-27-24-2-1-3-33-25(24)26-28(34-27)36(17-31-13-21-7-22(14-31)9-23(8-21)15-31)29(37)35(26)16-30-10-18-4-19(11-30)6-20(5-18)12-30/h1-3,18-23H,4-17H2. The van der Waals surface area contributed by atoms with E-state index in [4.69, 9.17) is 9.97 Å². The quantitative estimate of drug-likeness (QED) is 0.324. The first-order chi connectivity index (χ1) is 17.9. The first-order valence-electron chi connectivity index (χ1n) is 15.0. The topological polar surface area (TPSA) is 52.7 Å². The summed E-state index contributed by atoms with van der Waals surface area (Å²) in [6.45, 7) is 1.70. The van der Waals surface area contributed by atoms with Crippen molar-refractivity contribution in [2.75, 3.05) is 0 Å². The average molecular weight is 562 g/mol. The summed E-state index contributed by atoms with van der Waals surface area (Å²) >= 11 is 3.76. The number of imidazole rings is 1. The molecule has 0 aromatic carbocycles. The summed E-state index contributed by atoms with van der Waals surface area (Å²) in [5.74, 6) is 5.27. The highest BCUT2D eigenvalue weighted by Gasteiger charge is 2.53. The van der Waals surface area contributed by atoms with Crippen LogP contribution in [-0.4, -0.2) is 19.1 Å². The average Bonchev–Trinajstić information content (AvgIpc) is 3.07. The second kappa shape index (κ2) is 7.49. The Kier molecular flexibility index (Phi) is 4.48. The Bertz CT molecular complexity index is 1430. The molecule has 37 heavy (non-hydrogen) atoms. The zero-order valence-corrected chi connectivity index (χ0v) is 23.3. The maximum absolute atomic E-state index is 14.5. The van der Waals surface area contributed by atoms with Crippen LogP contribution in [0.4, 0.5) is 0 Å². The molecule has 8 aliphatic rings. The molecular formula is C31H37BrN4O. The number of nitrogens with zero attached hydrogens (tertiary/aromatic N) is 4. The Morgan fingerprint density at radius 3 is 1.78 bits per heavy atom. The van der Waals surface area contributed by atoms with Crippen molar-refractivity contribution in [3.63, 3.8) is 0 Å². The van der Waals surface area contributed by atoms with Gasteiger partial charge in [0.1, 0.15) is 15.6 Å². The lowest BCUT2D eigenvalue weighted by molar-refractivity contribution is -0.0642. The summed E-state index contributed by atoms with van der Waals surface area (Å²) in [4.78, 5) is 24.5. The largest absolute Gasteiger partial charge is 0.330 e. The van der Waals surface area contributed by atoms with Gasteiger partial charge in [0.05, 0.1) is 0 Å². The molecule has 0 aliphatic heterocycles. The SMILES string of the molecule is O=c1n(CC23CC4CC(CC(C4)C2)C3)c2nc(Br)c3cccnc3c2n1CC12CC3CC(CC(C3)C1)C2. The molecule has 0 spiro atoms. The minimum atomic E-state index is 0.180. The zero-order chi connectivity index (χ0) is 24.5. The maximum Gasteiger partial charge on any atom is 0.330 e. The monoisotopic (exact) mass is 560 g/mol. The second-order valence-electron chi connectivity index (χ2n) is 14.8. The van der Waals surface area contributed by atoms with E-state index in [0.29, 0.717) is 0 Å². The first-order valence-corrected chi connectivity index (χ1v) is 15.8. The summed E-state index contributed by atoms with van der Waals surface area (Å²) < 4.78 is 5.09. The van der Waals surface area contributed by atoms with Gasteiger partial charge in [0.2, 0.25) is 0 Å². The van der Waals surface area contributed by atoms with E-state index in [1.165, 1.54) is 77.0 Å². The lowest BCUT2D eigenvalue weighted by atomic mass is 9.49. The van der Waals surface area contributed by atoms with Crippen molar-refractivity contribution in [1.29, 1.82) is 0 Å².